The zero-order valence-corrected chi connectivity index (χ0v) is 17.3. The predicted molar refractivity (Wildman–Crippen MR) is 114 cm³/mol. The van der Waals surface area contributed by atoms with Crippen molar-refractivity contribution in [2.75, 3.05) is 6.61 Å². The number of phenols is 1. The molecule has 1 aromatic heterocycles. The summed E-state index contributed by atoms with van der Waals surface area (Å²) in [6.45, 7) is 0.668. The van der Waals surface area contributed by atoms with Crippen LogP contribution in [0, 0.1) is 5.82 Å². The van der Waals surface area contributed by atoms with Crippen LogP contribution < -0.4 is 10.1 Å². The molecule has 9 heteroatoms. The van der Waals surface area contributed by atoms with Crippen molar-refractivity contribution in [2.45, 2.75) is 50.5 Å². The number of benzene rings is 2. The summed E-state index contributed by atoms with van der Waals surface area (Å²) in [5, 5.41) is 26.3. The molecule has 0 radical (unpaired) electrons. The lowest BCUT2D eigenvalue weighted by molar-refractivity contribution is -0.0366. The molecule has 1 atom stereocenters. The van der Waals surface area contributed by atoms with Crippen LogP contribution in [-0.2, 0) is 4.74 Å². The smallest absolute Gasteiger partial charge is 0.404 e. The molecule has 2 aromatic carbocycles. The van der Waals surface area contributed by atoms with E-state index in [9.17, 15) is 14.3 Å². The predicted octanol–water partition coefficient (Wildman–Crippen LogP) is 4.42. The second kappa shape index (κ2) is 8.31. The molecule has 2 heterocycles. The fraction of sp³-hybridized carbons (Fsp3) is 0.391. The molecule has 0 bridgehead atoms. The molecule has 3 N–H and O–H groups in total. The van der Waals surface area contributed by atoms with E-state index in [0.717, 1.165) is 36.2 Å². The molecule has 2 aliphatic rings. The Morgan fingerprint density at radius 2 is 2.09 bits per heavy atom. The van der Waals surface area contributed by atoms with Crippen molar-refractivity contribution >= 4 is 17.0 Å². The number of aromatic hydroxyl groups is 1. The minimum atomic E-state index is -1.05. The minimum absolute atomic E-state index is 0.135. The molecule has 1 amide bonds. The van der Waals surface area contributed by atoms with Crippen LogP contribution in [0.4, 0.5) is 9.18 Å². The molecule has 32 heavy (non-hydrogen) atoms. The van der Waals surface area contributed by atoms with Gasteiger partial charge in [-0.05, 0) is 49.1 Å². The van der Waals surface area contributed by atoms with Gasteiger partial charge < -0.3 is 25.0 Å². The number of hydrogen-bond donors (Lipinski definition) is 3. The number of ether oxygens (including phenoxy) is 2. The van der Waals surface area contributed by atoms with Gasteiger partial charge in [-0.2, -0.15) is 5.10 Å². The third kappa shape index (κ3) is 3.95. The maximum Gasteiger partial charge on any atom is 0.404 e. The van der Waals surface area contributed by atoms with Gasteiger partial charge in [0, 0.05) is 37.1 Å². The summed E-state index contributed by atoms with van der Waals surface area (Å²) in [5.74, 6) is -0.119. The number of nitrogens with zero attached hydrogens (tertiary/aromatic N) is 2. The van der Waals surface area contributed by atoms with Crippen LogP contribution in [-0.4, -0.2) is 44.8 Å². The molecule has 5 rings (SSSR count). The molecule has 0 spiro atoms. The van der Waals surface area contributed by atoms with Crippen LogP contribution in [0.2, 0.25) is 0 Å². The van der Waals surface area contributed by atoms with Gasteiger partial charge >= 0.3 is 6.09 Å². The lowest BCUT2D eigenvalue weighted by atomic mass is 9.89. The fourth-order valence-electron chi connectivity index (χ4n) is 4.38. The number of nitrogens with one attached hydrogen (secondary N) is 1. The number of carbonyl (C=O) groups is 1. The van der Waals surface area contributed by atoms with Gasteiger partial charge in [-0.3, -0.25) is 0 Å². The fourth-order valence-corrected chi connectivity index (χ4v) is 4.38. The number of hydrogen-bond acceptors (Lipinski definition) is 5. The summed E-state index contributed by atoms with van der Waals surface area (Å²) in [7, 11) is 0. The Hall–Kier alpha value is -3.33. The van der Waals surface area contributed by atoms with Crippen molar-refractivity contribution < 1.29 is 28.9 Å². The van der Waals surface area contributed by atoms with Crippen molar-refractivity contribution in [3.8, 4) is 22.6 Å². The lowest BCUT2D eigenvalue weighted by Crippen LogP contribution is -2.48. The molecule has 1 saturated heterocycles. The number of fused-ring (bicyclic) bond motifs is 1. The summed E-state index contributed by atoms with van der Waals surface area (Å²) < 4.78 is 28.6. The molecule has 3 aromatic rings. The molecule has 1 saturated carbocycles. The summed E-state index contributed by atoms with van der Waals surface area (Å²) in [5.41, 5.74) is 1.71. The molecular weight excluding hydrogens is 417 g/mol. The first-order chi connectivity index (χ1) is 15.5. The monoisotopic (exact) mass is 441 g/mol. The molecule has 1 aliphatic carbocycles. The Morgan fingerprint density at radius 3 is 2.81 bits per heavy atom. The summed E-state index contributed by atoms with van der Waals surface area (Å²) in [4.78, 5) is 10.8. The van der Waals surface area contributed by atoms with E-state index in [-0.39, 0.29) is 24.1 Å². The van der Waals surface area contributed by atoms with E-state index in [2.05, 4.69) is 10.4 Å². The summed E-state index contributed by atoms with van der Waals surface area (Å²) in [6, 6.07) is 7.55. The van der Waals surface area contributed by atoms with Gasteiger partial charge in [-0.15, -0.1) is 0 Å². The number of amides is 1. The third-order valence-corrected chi connectivity index (χ3v) is 6.09. The van der Waals surface area contributed by atoms with E-state index in [1.165, 1.54) is 12.1 Å². The number of carboxylic acid groups (broad SMARTS) is 1. The second-order valence-electron chi connectivity index (χ2n) is 8.34. The van der Waals surface area contributed by atoms with E-state index in [4.69, 9.17) is 14.6 Å². The van der Waals surface area contributed by atoms with Crippen molar-refractivity contribution in [3.63, 3.8) is 0 Å². The van der Waals surface area contributed by atoms with E-state index in [0.29, 0.717) is 36.3 Å². The Kier molecular flexibility index (Phi) is 5.34. The van der Waals surface area contributed by atoms with Crippen molar-refractivity contribution in [1.82, 2.24) is 15.1 Å². The topological polar surface area (TPSA) is 106 Å². The second-order valence-corrected chi connectivity index (χ2v) is 8.34. The van der Waals surface area contributed by atoms with Crippen LogP contribution in [0.15, 0.2) is 36.5 Å². The number of aromatic nitrogens is 2. The molecule has 2 fully saturated rings. The van der Waals surface area contributed by atoms with Gasteiger partial charge in [0.25, 0.3) is 0 Å². The maximum absolute atomic E-state index is 14.6. The molecule has 8 nitrogen and oxygen atoms in total. The standard InChI is InChI=1S/C23H24FN3O5/c24-19-11-15(28)4-5-17(19)13-7-20-18(12-25-27(20)22-3-1-2-6-31-22)21(8-13)32-16-9-14(10-16)26-23(29)30/h4-5,7-8,11-12,14,16,22,26,28H,1-3,6,9-10H2,(H,29,30)/t14-,16-,22?. The van der Waals surface area contributed by atoms with E-state index >= 15 is 0 Å². The average molecular weight is 441 g/mol. The highest BCUT2D eigenvalue weighted by molar-refractivity contribution is 5.90. The number of rotatable bonds is 5. The highest BCUT2D eigenvalue weighted by atomic mass is 19.1. The Labute approximate surface area is 183 Å². The lowest BCUT2D eigenvalue weighted by Gasteiger charge is -2.35. The zero-order valence-electron chi connectivity index (χ0n) is 17.3. The van der Waals surface area contributed by atoms with Gasteiger partial charge in [-0.1, -0.05) is 0 Å². The van der Waals surface area contributed by atoms with Crippen LogP contribution in [0.5, 0.6) is 11.5 Å². The van der Waals surface area contributed by atoms with Crippen molar-refractivity contribution in [3.05, 3.63) is 42.3 Å². The normalized spacial score (nSPS) is 23.0. The average Bonchev–Trinajstić information content (AvgIpc) is 3.16. The van der Waals surface area contributed by atoms with E-state index < -0.39 is 11.9 Å². The van der Waals surface area contributed by atoms with Gasteiger partial charge in [0.1, 0.15) is 23.4 Å². The van der Waals surface area contributed by atoms with Crippen LogP contribution in [0.3, 0.4) is 0 Å². The van der Waals surface area contributed by atoms with E-state index in [1.807, 2.05) is 10.7 Å². The van der Waals surface area contributed by atoms with Crippen molar-refractivity contribution in [1.29, 1.82) is 0 Å². The van der Waals surface area contributed by atoms with Crippen LogP contribution in [0.1, 0.15) is 38.3 Å². The SMILES string of the molecule is O=C(O)N[C@H]1C[C@H](Oc2cc(-c3ccc(O)cc3F)cc3c2cnn3C2CCCCO2)C1. The molecule has 168 valence electrons. The Bertz CT molecular complexity index is 1150. The maximum atomic E-state index is 14.6. The van der Waals surface area contributed by atoms with Crippen LogP contribution in [0.25, 0.3) is 22.0 Å². The molecule has 1 aliphatic heterocycles. The van der Waals surface area contributed by atoms with Gasteiger partial charge in [0.05, 0.1) is 17.1 Å². The van der Waals surface area contributed by atoms with Gasteiger partial charge in [0.2, 0.25) is 0 Å². The summed E-state index contributed by atoms with van der Waals surface area (Å²) >= 11 is 0. The largest absolute Gasteiger partial charge is 0.508 e. The van der Waals surface area contributed by atoms with Gasteiger partial charge in [0.15, 0.2) is 6.23 Å². The number of halogens is 1. The Balaban J connectivity index is 1.52. The quantitative estimate of drug-likeness (QED) is 0.541. The van der Waals surface area contributed by atoms with Crippen LogP contribution >= 0.6 is 0 Å². The summed E-state index contributed by atoms with van der Waals surface area (Å²) in [6.07, 6.45) is 4.36. The molecular formula is C23H24FN3O5. The molecule has 1 unspecified atom stereocenters. The highest BCUT2D eigenvalue weighted by Crippen LogP contribution is 2.38. The van der Waals surface area contributed by atoms with Gasteiger partial charge in [-0.25, -0.2) is 13.9 Å². The first-order valence-corrected chi connectivity index (χ1v) is 10.8. The number of phenolic OH excluding ortho intramolecular Hbond substituents is 1. The van der Waals surface area contributed by atoms with Crippen molar-refractivity contribution in [2.24, 2.45) is 0 Å². The minimum Gasteiger partial charge on any atom is -0.508 e. The Morgan fingerprint density at radius 1 is 1.25 bits per heavy atom. The first kappa shape index (κ1) is 20.6. The first-order valence-electron chi connectivity index (χ1n) is 10.8. The van der Waals surface area contributed by atoms with E-state index in [1.54, 1.807) is 12.3 Å². The highest BCUT2D eigenvalue weighted by Gasteiger charge is 2.33. The zero-order chi connectivity index (χ0) is 22.2. The third-order valence-electron chi connectivity index (χ3n) is 6.09.